The van der Waals surface area contributed by atoms with Crippen LogP contribution in [0, 0.1) is 6.92 Å². The zero-order valence-corrected chi connectivity index (χ0v) is 9.02. The fourth-order valence-corrected chi connectivity index (χ4v) is 1.21. The van der Waals surface area contributed by atoms with E-state index in [1.165, 1.54) is 13.2 Å². The topological polar surface area (TPSA) is 72.8 Å². The maximum atomic E-state index is 11.3. The Kier molecular flexibility index (Phi) is 3.88. The second-order valence-electron chi connectivity index (χ2n) is 3.15. The van der Waals surface area contributed by atoms with E-state index in [9.17, 15) is 9.59 Å². The van der Waals surface area contributed by atoms with Gasteiger partial charge in [-0.1, -0.05) is 0 Å². The van der Waals surface area contributed by atoms with Gasteiger partial charge in [0.05, 0.1) is 12.7 Å². The van der Waals surface area contributed by atoms with Gasteiger partial charge >= 0.3 is 11.9 Å². The van der Waals surface area contributed by atoms with Crippen molar-refractivity contribution in [1.29, 1.82) is 0 Å². The summed E-state index contributed by atoms with van der Waals surface area (Å²) >= 11 is 0. The van der Waals surface area contributed by atoms with Crippen molar-refractivity contribution in [2.45, 2.75) is 6.92 Å². The first-order valence-corrected chi connectivity index (χ1v) is 4.58. The second kappa shape index (κ2) is 5.16. The molecular weight excluding hydrogens is 212 g/mol. The maximum Gasteiger partial charge on any atom is 0.341 e. The third-order valence-corrected chi connectivity index (χ3v) is 1.97. The monoisotopic (exact) mass is 224 g/mol. The average Bonchev–Trinajstić information content (AvgIpc) is 2.25. The average molecular weight is 224 g/mol. The number of carbonyl (C=O) groups is 2. The molecule has 0 aliphatic rings. The van der Waals surface area contributed by atoms with E-state index in [0.717, 1.165) is 0 Å². The van der Waals surface area contributed by atoms with Gasteiger partial charge in [0.15, 0.2) is 6.61 Å². The molecule has 0 amide bonds. The van der Waals surface area contributed by atoms with Crippen LogP contribution in [0.15, 0.2) is 18.2 Å². The number of hydrogen-bond acceptors (Lipinski definition) is 4. The number of carbonyl (C=O) groups excluding carboxylic acids is 1. The molecule has 0 atom stereocenters. The summed E-state index contributed by atoms with van der Waals surface area (Å²) in [5.41, 5.74) is 1.11. The Balaban J connectivity index is 2.82. The van der Waals surface area contributed by atoms with Crippen molar-refractivity contribution < 1.29 is 24.2 Å². The van der Waals surface area contributed by atoms with Crippen LogP contribution in [0.25, 0.3) is 0 Å². The summed E-state index contributed by atoms with van der Waals surface area (Å²) in [6, 6.07) is 4.66. The van der Waals surface area contributed by atoms with Gasteiger partial charge in [-0.2, -0.15) is 0 Å². The van der Waals surface area contributed by atoms with Gasteiger partial charge < -0.3 is 14.6 Å². The normalized spacial score (nSPS) is 9.62. The highest BCUT2D eigenvalue weighted by Gasteiger charge is 2.09. The molecule has 0 aliphatic carbocycles. The fraction of sp³-hybridized carbons (Fsp3) is 0.273. The summed E-state index contributed by atoms with van der Waals surface area (Å²) in [6.07, 6.45) is 0. The Bertz CT molecular complexity index is 411. The minimum absolute atomic E-state index is 0.406. The van der Waals surface area contributed by atoms with Crippen molar-refractivity contribution in [1.82, 2.24) is 0 Å². The molecule has 1 rings (SSSR count). The van der Waals surface area contributed by atoms with Crippen molar-refractivity contribution in [2.24, 2.45) is 0 Å². The standard InChI is InChI=1S/C11H12O5/c1-7-5-8(16-6-10(12)13)3-4-9(7)11(14)15-2/h3-5H,6H2,1-2H3,(H,12,13). The molecule has 0 aromatic heterocycles. The summed E-state index contributed by atoms with van der Waals surface area (Å²) in [4.78, 5) is 21.5. The number of rotatable bonds is 4. The summed E-state index contributed by atoms with van der Waals surface area (Å²) in [7, 11) is 1.30. The number of aryl methyl sites for hydroxylation is 1. The van der Waals surface area contributed by atoms with Gasteiger partial charge in [-0.3, -0.25) is 0 Å². The van der Waals surface area contributed by atoms with Crippen molar-refractivity contribution >= 4 is 11.9 Å². The molecule has 5 nitrogen and oxygen atoms in total. The Morgan fingerprint density at radius 2 is 2.06 bits per heavy atom. The minimum atomic E-state index is -1.05. The van der Waals surface area contributed by atoms with Crippen LogP contribution in [0.2, 0.25) is 0 Å². The van der Waals surface area contributed by atoms with E-state index in [4.69, 9.17) is 9.84 Å². The molecular formula is C11H12O5. The van der Waals surface area contributed by atoms with E-state index in [-0.39, 0.29) is 0 Å². The lowest BCUT2D eigenvalue weighted by molar-refractivity contribution is -0.139. The van der Waals surface area contributed by atoms with Gasteiger partial charge in [-0.15, -0.1) is 0 Å². The number of hydrogen-bond donors (Lipinski definition) is 1. The number of benzene rings is 1. The van der Waals surface area contributed by atoms with E-state index >= 15 is 0 Å². The minimum Gasteiger partial charge on any atom is -0.482 e. The quantitative estimate of drug-likeness (QED) is 0.779. The van der Waals surface area contributed by atoms with Gasteiger partial charge in [0, 0.05) is 0 Å². The van der Waals surface area contributed by atoms with E-state index in [2.05, 4.69) is 4.74 Å². The molecule has 0 unspecified atom stereocenters. The first kappa shape index (κ1) is 12.0. The van der Waals surface area contributed by atoms with E-state index in [1.54, 1.807) is 19.1 Å². The van der Waals surface area contributed by atoms with Crippen LogP contribution in [0.3, 0.4) is 0 Å². The van der Waals surface area contributed by atoms with Crippen molar-refractivity contribution in [3.63, 3.8) is 0 Å². The van der Waals surface area contributed by atoms with Gasteiger partial charge in [-0.05, 0) is 30.7 Å². The molecule has 0 fully saturated rings. The predicted octanol–water partition coefficient (Wildman–Crippen LogP) is 1.25. The predicted molar refractivity (Wildman–Crippen MR) is 55.6 cm³/mol. The van der Waals surface area contributed by atoms with Gasteiger partial charge in [0.2, 0.25) is 0 Å². The summed E-state index contributed by atoms with van der Waals surface area (Å²) in [5.74, 6) is -1.07. The molecule has 0 spiro atoms. The van der Waals surface area contributed by atoms with Gasteiger partial charge in [0.25, 0.3) is 0 Å². The highest BCUT2D eigenvalue weighted by molar-refractivity contribution is 5.91. The summed E-state index contributed by atoms with van der Waals surface area (Å²) in [5, 5.41) is 8.43. The van der Waals surface area contributed by atoms with Crippen LogP contribution >= 0.6 is 0 Å². The van der Waals surface area contributed by atoms with Crippen molar-refractivity contribution in [2.75, 3.05) is 13.7 Å². The zero-order chi connectivity index (χ0) is 12.1. The molecule has 0 radical (unpaired) electrons. The van der Waals surface area contributed by atoms with Crippen LogP contribution in [-0.2, 0) is 9.53 Å². The van der Waals surface area contributed by atoms with E-state index in [0.29, 0.717) is 16.9 Å². The number of methoxy groups -OCH3 is 1. The van der Waals surface area contributed by atoms with Crippen molar-refractivity contribution in [3.05, 3.63) is 29.3 Å². The molecule has 0 saturated carbocycles. The van der Waals surface area contributed by atoms with Gasteiger partial charge in [-0.25, -0.2) is 9.59 Å². The molecule has 1 aromatic carbocycles. The molecule has 1 N–H and O–H groups in total. The highest BCUT2D eigenvalue weighted by atomic mass is 16.5. The lowest BCUT2D eigenvalue weighted by atomic mass is 10.1. The van der Waals surface area contributed by atoms with Crippen LogP contribution in [0.1, 0.15) is 15.9 Å². The highest BCUT2D eigenvalue weighted by Crippen LogP contribution is 2.17. The molecule has 16 heavy (non-hydrogen) atoms. The number of ether oxygens (including phenoxy) is 2. The SMILES string of the molecule is COC(=O)c1ccc(OCC(=O)O)cc1C. The molecule has 1 aromatic rings. The first-order chi connectivity index (χ1) is 7.54. The van der Waals surface area contributed by atoms with Crippen LogP contribution in [-0.4, -0.2) is 30.8 Å². The molecule has 5 heteroatoms. The largest absolute Gasteiger partial charge is 0.482 e. The van der Waals surface area contributed by atoms with Crippen LogP contribution in [0.4, 0.5) is 0 Å². The molecule has 0 saturated heterocycles. The molecule has 86 valence electrons. The third kappa shape index (κ3) is 2.98. The number of aliphatic carboxylic acids is 1. The van der Waals surface area contributed by atoms with E-state index < -0.39 is 18.5 Å². The lowest BCUT2D eigenvalue weighted by Gasteiger charge is -2.07. The van der Waals surface area contributed by atoms with Crippen LogP contribution in [0.5, 0.6) is 5.75 Å². The number of carboxylic acid groups (broad SMARTS) is 1. The Morgan fingerprint density at radius 3 is 2.56 bits per heavy atom. The zero-order valence-electron chi connectivity index (χ0n) is 9.02. The third-order valence-electron chi connectivity index (χ3n) is 1.97. The number of esters is 1. The molecule has 0 aliphatic heterocycles. The Morgan fingerprint density at radius 1 is 1.38 bits per heavy atom. The lowest BCUT2D eigenvalue weighted by Crippen LogP contribution is -2.10. The van der Waals surface area contributed by atoms with Gasteiger partial charge in [0.1, 0.15) is 5.75 Å². The number of carboxylic acids is 1. The first-order valence-electron chi connectivity index (χ1n) is 4.58. The Hall–Kier alpha value is -2.04. The van der Waals surface area contributed by atoms with E-state index in [1.807, 2.05) is 0 Å². The van der Waals surface area contributed by atoms with Crippen molar-refractivity contribution in [3.8, 4) is 5.75 Å². The smallest absolute Gasteiger partial charge is 0.341 e. The summed E-state index contributed by atoms with van der Waals surface area (Å²) in [6.45, 7) is 1.32. The summed E-state index contributed by atoms with van der Waals surface area (Å²) < 4.78 is 9.55. The molecule has 0 heterocycles. The molecule has 0 bridgehead atoms. The Labute approximate surface area is 92.6 Å². The van der Waals surface area contributed by atoms with Crippen LogP contribution < -0.4 is 4.74 Å². The maximum absolute atomic E-state index is 11.3. The fourth-order valence-electron chi connectivity index (χ4n) is 1.21. The second-order valence-corrected chi connectivity index (χ2v) is 3.15.